The second-order valence-corrected chi connectivity index (χ2v) is 15.6. The number of nitrogens with zero attached hydrogens (tertiary/aromatic N) is 1. The van der Waals surface area contributed by atoms with Gasteiger partial charge in [-0.05, 0) is 91.3 Å². The number of aliphatic hydroxyl groups excluding tert-OH is 1. The zero-order chi connectivity index (χ0) is 29.9. The van der Waals surface area contributed by atoms with Gasteiger partial charge in [0.2, 0.25) is 10.0 Å². The lowest BCUT2D eigenvalue weighted by Crippen LogP contribution is -2.49. The quantitative estimate of drug-likeness (QED) is 0.416. The molecule has 43 heavy (non-hydrogen) atoms. The number of carbonyl (C=O) groups excluding carboxylic acids is 1. The fourth-order valence-corrected chi connectivity index (χ4v) is 9.79. The maximum atomic E-state index is 13.5. The van der Waals surface area contributed by atoms with E-state index in [0.717, 1.165) is 42.8 Å². The summed E-state index contributed by atoms with van der Waals surface area (Å²) >= 11 is 6.39. The van der Waals surface area contributed by atoms with E-state index in [9.17, 15) is 18.3 Å². The molecule has 2 bridgehead atoms. The number of amides is 1. The first-order chi connectivity index (χ1) is 20.6. The first-order valence-electron chi connectivity index (χ1n) is 15.4. The van der Waals surface area contributed by atoms with Gasteiger partial charge in [-0.2, -0.15) is 0 Å². The highest BCUT2D eigenvalue weighted by molar-refractivity contribution is 7.90. The average molecular weight is 627 g/mol. The van der Waals surface area contributed by atoms with E-state index in [4.69, 9.17) is 21.1 Å². The van der Waals surface area contributed by atoms with Gasteiger partial charge in [-0.3, -0.25) is 4.79 Å². The predicted octanol–water partition coefficient (Wildman–Crippen LogP) is 4.48. The second-order valence-electron chi connectivity index (χ2n) is 13.2. The molecule has 1 amide bonds. The van der Waals surface area contributed by atoms with Gasteiger partial charge in [0, 0.05) is 35.0 Å². The number of ether oxygens (including phenoxy) is 2. The van der Waals surface area contributed by atoms with Crippen LogP contribution in [0.5, 0.6) is 5.75 Å². The lowest BCUT2D eigenvalue weighted by atomic mass is 9.68. The van der Waals surface area contributed by atoms with Crippen LogP contribution in [0.25, 0.3) is 0 Å². The molecule has 5 aliphatic rings. The largest absolute Gasteiger partial charge is 0.490 e. The molecule has 2 aliphatic carbocycles. The zero-order valence-corrected chi connectivity index (χ0v) is 25.9. The fourth-order valence-electron chi connectivity index (χ4n) is 8.01. The van der Waals surface area contributed by atoms with E-state index in [1.807, 2.05) is 25.1 Å². The molecule has 7 atom stereocenters. The van der Waals surface area contributed by atoms with Gasteiger partial charge in [-0.1, -0.05) is 36.7 Å². The summed E-state index contributed by atoms with van der Waals surface area (Å²) in [6.07, 6.45) is 8.04. The van der Waals surface area contributed by atoms with Crippen molar-refractivity contribution in [1.29, 1.82) is 0 Å². The van der Waals surface area contributed by atoms with Crippen LogP contribution in [0.15, 0.2) is 48.6 Å². The monoisotopic (exact) mass is 626 g/mol. The molecule has 1 saturated carbocycles. The summed E-state index contributed by atoms with van der Waals surface area (Å²) in [5.74, 6) is -0.0826. The standard InChI is InChI=1S/C33H39ClN2O6S/c1-20-4-10-29(37)25-8-5-23(25)15-36-18-33(12-2-3-21-13-24(34)7-9-27(21)33)19-42-30-11-6-22(14-28(30)36)32(38)35-43(39,40)31-17-41-16-26(20)31/h4,6-7,9-11,13-14,20,23,25-26,29,31,37H,2-3,5,8,12,15-19H2,1H3,(H,35,38)/b10-4+/t20-,23-,25+,26-,29-,31+,33-/m0/s1. The van der Waals surface area contributed by atoms with Crippen LogP contribution < -0.4 is 14.4 Å². The minimum Gasteiger partial charge on any atom is -0.490 e. The Labute approximate surface area is 258 Å². The van der Waals surface area contributed by atoms with Crippen molar-refractivity contribution in [3.8, 4) is 5.75 Å². The molecule has 1 spiro atoms. The number of sulfonamides is 1. The molecule has 3 heterocycles. The molecule has 0 aromatic heterocycles. The molecule has 2 aromatic rings. The summed E-state index contributed by atoms with van der Waals surface area (Å²) in [6.45, 7) is 4.14. The van der Waals surface area contributed by atoms with Crippen molar-refractivity contribution < 1.29 is 27.8 Å². The normalized spacial score (nSPS) is 35.8. The van der Waals surface area contributed by atoms with Crippen LogP contribution in [0.4, 0.5) is 5.69 Å². The summed E-state index contributed by atoms with van der Waals surface area (Å²) in [5.41, 5.74) is 3.28. The van der Waals surface area contributed by atoms with E-state index < -0.39 is 27.3 Å². The zero-order valence-electron chi connectivity index (χ0n) is 24.4. The topological polar surface area (TPSA) is 105 Å². The number of nitrogens with one attached hydrogen (secondary N) is 1. The minimum atomic E-state index is -4.02. The van der Waals surface area contributed by atoms with Gasteiger partial charge in [-0.15, -0.1) is 0 Å². The molecule has 2 fully saturated rings. The highest BCUT2D eigenvalue weighted by atomic mass is 35.5. The maximum absolute atomic E-state index is 13.5. The van der Waals surface area contributed by atoms with E-state index >= 15 is 0 Å². The smallest absolute Gasteiger partial charge is 0.264 e. The number of rotatable bonds is 0. The van der Waals surface area contributed by atoms with Gasteiger partial charge < -0.3 is 19.5 Å². The van der Waals surface area contributed by atoms with E-state index in [1.165, 1.54) is 11.1 Å². The fraction of sp³-hybridized carbons (Fsp3) is 0.545. The van der Waals surface area contributed by atoms with Crippen LogP contribution in [0, 0.1) is 23.7 Å². The van der Waals surface area contributed by atoms with Crippen molar-refractivity contribution in [3.05, 3.63) is 70.3 Å². The second kappa shape index (κ2) is 11.1. The third-order valence-electron chi connectivity index (χ3n) is 10.7. The lowest BCUT2D eigenvalue weighted by Gasteiger charge is -2.45. The number of hydrogen-bond donors (Lipinski definition) is 2. The van der Waals surface area contributed by atoms with E-state index in [-0.39, 0.29) is 47.9 Å². The Morgan fingerprint density at radius 3 is 2.77 bits per heavy atom. The molecular weight excluding hydrogens is 588 g/mol. The number of halogens is 1. The van der Waals surface area contributed by atoms with Gasteiger partial charge in [0.15, 0.2) is 0 Å². The van der Waals surface area contributed by atoms with Crippen LogP contribution in [0.1, 0.15) is 54.1 Å². The Morgan fingerprint density at radius 1 is 1.09 bits per heavy atom. The van der Waals surface area contributed by atoms with Crippen LogP contribution in [-0.2, 0) is 26.6 Å². The Morgan fingerprint density at radius 2 is 1.95 bits per heavy atom. The molecule has 3 aliphatic heterocycles. The molecule has 0 unspecified atom stereocenters. The molecule has 2 aromatic carbocycles. The number of aliphatic hydroxyl groups is 1. The molecule has 10 heteroatoms. The number of anilines is 1. The third-order valence-corrected chi connectivity index (χ3v) is 12.6. The van der Waals surface area contributed by atoms with Gasteiger partial charge in [0.1, 0.15) is 11.0 Å². The van der Waals surface area contributed by atoms with Gasteiger partial charge in [-0.25, -0.2) is 13.1 Å². The number of aryl methyl sites for hydroxylation is 1. The van der Waals surface area contributed by atoms with E-state index in [1.54, 1.807) is 18.2 Å². The maximum Gasteiger partial charge on any atom is 0.264 e. The molecule has 1 saturated heterocycles. The first kappa shape index (κ1) is 29.1. The minimum absolute atomic E-state index is 0.0271. The van der Waals surface area contributed by atoms with Gasteiger partial charge in [0.05, 0.1) is 31.6 Å². The summed E-state index contributed by atoms with van der Waals surface area (Å²) < 4.78 is 41.4. The van der Waals surface area contributed by atoms with Gasteiger partial charge >= 0.3 is 0 Å². The summed E-state index contributed by atoms with van der Waals surface area (Å²) in [7, 11) is -4.02. The number of hydrogen-bond acceptors (Lipinski definition) is 7. The third kappa shape index (κ3) is 5.26. The lowest BCUT2D eigenvalue weighted by molar-refractivity contribution is 0.0453. The summed E-state index contributed by atoms with van der Waals surface area (Å²) in [6, 6.07) is 11.4. The van der Waals surface area contributed by atoms with Crippen LogP contribution in [0.2, 0.25) is 5.02 Å². The van der Waals surface area contributed by atoms with Crippen molar-refractivity contribution >= 4 is 33.2 Å². The first-order valence-corrected chi connectivity index (χ1v) is 17.4. The van der Waals surface area contributed by atoms with Crippen molar-refractivity contribution in [2.45, 2.75) is 55.8 Å². The van der Waals surface area contributed by atoms with E-state index in [2.05, 4.69) is 21.8 Å². The summed E-state index contributed by atoms with van der Waals surface area (Å²) in [4.78, 5) is 15.8. The average Bonchev–Trinajstić information content (AvgIpc) is 3.42. The molecule has 0 radical (unpaired) electrons. The van der Waals surface area contributed by atoms with E-state index in [0.29, 0.717) is 25.4 Å². The van der Waals surface area contributed by atoms with Crippen LogP contribution >= 0.6 is 11.6 Å². The van der Waals surface area contributed by atoms with Crippen LogP contribution in [0.3, 0.4) is 0 Å². The Balaban J connectivity index is 1.30. The number of carbonyl (C=O) groups is 1. The van der Waals surface area contributed by atoms with Gasteiger partial charge in [0.25, 0.3) is 5.91 Å². The molecule has 7 rings (SSSR count). The Hall–Kier alpha value is -2.59. The predicted molar refractivity (Wildman–Crippen MR) is 165 cm³/mol. The molecule has 8 nitrogen and oxygen atoms in total. The van der Waals surface area contributed by atoms with Crippen molar-refractivity contribution in [2.75, 3.05) is 37.8 Å². The SMILES string of the molecule is C[C@H]1/C=C/[C@H](O)[C@@H]2CC[C@H]2CN2C[C@@]3(CCCc4cc(Cl)ccc43)COc3ccc(cc32)C(=O)NS(=O)(=O)[C@@H]2COC[C@H]21. The summed E-state index contributed by atoms with van der Waals surface area (Å²) in [5, 5.41) is 11.1. The molecule has 230 valence electrons. The van der Waals surface area contributed by atoms with Crippen molar-refractivity contribution in [1.82, 2.24) is 4.72 Å². The van der Waals surface area contributed by atoms with Crippen molar-refractivity contribution in [2.24, 2.45) is 23.7 Å². The Kier molecular flexibility index (Phi) is 7.51. The number of benzene rings is 2. The Bertz CT molecular complexity index is 1560. The molecular formula is C33H39ClN2O6S. The number of allylic oxidation sites excluding steroid dienone is 1. The highest BCUT2D eigenvalue weighted by Crippen LogP contribution is 2.47. The number of fused-ring (bicyclic) bond motifs is 5. The molecule has 2 N–H and O–H groups in total. The van der Waals surface area contributed by atoms with Crippen LogP contribution in [-0.4, -0.2) is 63.7 Å². The highest BCUT2D eigenvalue weighted by Gasteiger charge is 2.45. The van der Waals surface area contributed by atoms with Crippen molar-refractivity contribution in [3.63, 3.8) is 0 Å².